The second kappa shape index (κ2) is 11.6. The highest BCUT2D eigenvalue weighted by Gasteiger charge is 2.23. The van der Waals surface area contributed by atoms with E-state index in [0.29, 0.717) is 11.2 Å². The van der Waals surface area contributed by atoms with Crippen LogP contribution in [0.5, 0.6) is 0 Å². The molecule has 202 valence electrons. The second-order valence-corrected chi connectivity index (χ2v) is 10.3. The van der Waals surface area contributed by atoms with Gasteiger partial charge in [-0.05, 0) is 38.0 Å². The summed E-state index contributed by atoms with van der Waals surface area (Å²) in [5.41, 5.74) is 2.10. The second-order valence-electron chi connectivity index (χ2n) is 8.86. The number of fused-ring (bicyclic) bond motifs is 1. The van der Waals surface area contributed by atoms with E-state index >= 15 is 0 Å². The van der Waals surface area contributed by atoms with Gasteiger partial charge in [-0.2, -0.15) is 9.43 Å². The number of rotatable bonds is 9. The van der Waals surface area contributed by atoms with Crippen molar-refractivity contribution in [2.75, 3.05) is 26.1 Å². The van der Waals surface area contributed by atoms with Crippen molar-refractivity contribution in [2.45, 2.75) is 31.9 Å². The number of aromatic amines is 1. The van der Waals surface area contributed by atoms with Crippen molar-refractivity contribution in [3.05, 3.63) is 68.7 Å². The lowest BCUT2D eigenvalue weighted by molar-refractivity contribution is -0.160. The molecule has 1 saturated heterocycles. The number of hydrogen-bond donors (Lipinski definition) is 1. The zero-order chi connectivity index (χ0) is 26.8. The third kappa shape index (κ3) is 5.56. The van der Waals surface area contributed by atoms with Crippen LogP contribution in [0, 0.1) is 5.82 Å². The maximum absolute atomic E-state index is 14.0. The Bertz CT molecular complexity index is 1490. The highest BCUT2D eigenvalue weighted by atomic mass is 35.5. The lowest BCUT2D eigenvalue weighted by Crippen LogP contribution is -2.34. The van der Waals surface area contributed by atoms with Gasteiger partial charge in [0.15, 0.2) is 11.8 Å². The van der Waals surface area contributed by atoms with Gasteiger partial charge in [-0.15, -0.1) is 4.73 Å². The predicted molar refractivity (Wildman–Crippen MR) is 143 cm³/mol. The summed E-state index contributed by atoms with van der Waals surface area (Å²) in [7, 11) is 1.49. The molecule has 1 atom stereocenters. The quantitative estimate of drug-likeness (QED) is 0.0962. The Morgan fingerprint density at radius 3 is 2.79 bits per heavy atom. The zero-order valence-electron chi connectivity index (χ0n) is 20.6. The Kier molecular flexibility index (Phi) is 8.26. The smallest absolute Gasteiger partial charge is 0.360 e. The molecule has 1 aliphatic heterocycles. The van der Waals surface area contributed by atoms with Crippen LogP contribution in [-0.2, 0) is 9.22 Å². The molecule has 1 fully saturated rings. The first-order valence-electron chi connectivity index (χ1n) is 11.9. The molecule has 1 aliphatic rings. The van der Waals surface area contributed by atoms with Gasteiger partial charge < -0.3 is 4.84 Å². The molecule has 3 aromatic heterocycles. The van der Waals surface area contributed by atoms with E-state index in [-0.39, 0.29) is 21.7 Å². The van der Waals surface area contributed by atoms with Crippen LogP contribution in [0.25, 0.3) is 22.3 Å². The monoisotopic (exact) mass is 582 g/mol. The highest BCUT2D eigenvalue weighted by molar-refractivity contribution is 7.94. The van der Waals surface area contributed by atoms with Crippen LogP contribution >= 0.6 is 35.2 Å². The average Bonchev–Trinajstić information content (AvgIpc) is 3.52. The van der Waals surface area contributed by atoms with E-state index < -0.39 is 17.6 Å². The summed E-state index contributed by atoms with van der Waals surface area (Å²) in [6.45, 7) is 3.49. The molecule has 0 saturated carbocycles. The van der Waals surface area contributed by atoms with Gasteiger partial charge in [0.25, 0.3) is 0 Å². The molecule has 14 heteroatoms. The molecule has 1 aromatic carbocycles. The minimum absolute atomic E-state index is 0.156. The Balaban J connectivity index is 1.34. The summed E-state index contributed by atoms with van der Waals surface area (Å²) < 4.78 is 22.0. The standard InChI is InChI=1S/C24H25Cl2FN6O4S/c1-14(21-18(25)3-4-19(27)22(21)26)36-33-20-9-15(10-28-23(20)30-24(33)34)16-11-29-32(12-16)17-5-7-31(8-6-17)13-38-37-35-2/h3-4,9-12,14,17H,5-8,13H2,1-2H3,(H,28,30,34). The summed E-state index contributed by atoms with van der Waals surface area (Å²) in [5.74, 6) is 0.117. The molecular formula is C24H25Cl2FN6O4S. The van der Waals surface area contributed by atoms with Crippen molar-refractivity contribution >= 4 is 46.4 Å². The van der Waals surface area contributed by atoms with Gasteiger partial charge in [-0.3, -0.25) is 14.6 Å². The molecule has 0 radical (unpaired) electrons. The van der Waals surface area contributed by atoms with E-state index in [2.05, 4.69) is 24.9 Å². The molecular weight excluding hydrogens is 558 g/mol. The molecule has 5 rings (SSSR count). The van der Waals surface area contributed by atoms with Gasteiger partial charge in [0.1, 0.15) is 11.3 Å². The Hall–Kier alpha value is -2.61. The summed E-state index contributed by atoms with van der Waals surface area (Å²) in [6, 6.07) is 4.64. The van der Waals surface area contributed by atoms with E-state index in [1.165, 1.54) is 31.3 Å². The van der Waals surface area contributed by atoms with Crippen molar-refractivity contribution in [1.29, 1.82) is 0 Å². The summed E-state index contributed by atoms with van der Waals surface area (Å²) in [4.78, 5) is 32.6. The largest absolute Gasteiger partial charge is 0.401 e. The molecule has 0 bridgehead atoms. The minimum Gasteiger partial charge on any atom is -0.401 e. The predicted octanol–water partition coefficient (Wildman–Crippen LogP) is 5.04. The zero-order valence-corrected chi connectivity index (χ0v) is 22.9. The molecule has 0 spiro atoms. The van der Waals surface area contributed by atoms with E-state index in [1.54, 1.807) is 25.4 Å². The first kappa shape index (κ1) is 27.0. The van der Waals surface area contributed by atoms with Crippen LogP contribution in [0.2, 0.25) is 10.0 Å². The van der Waals surface area contributed by atoms with Crippen LogP contribution in [0.15, 0.2) is 41.6 Å². The maximum atomic E-state index is 14.0. The minimum atomic E-state index is -0.820. The van der Waals surface area contributed by atoms with Crippen LogP contribution in [-0.4, -0.2) is 55.5 Å². The third-order valence-corrected chi connectivity index (χ3v) is 7.88. The number of hydrogen-bond acceptors (Lipinski definition) is 8. The van der Waals surface area contributed by atoms with Crippen LogP contribution in [0.3, 0.4) is 0 Å². The summed E-state index contributed by atoms with van der Waals surface area (Å²) in [6.07, 6.45) is 6.53. The Labute approximate surface area is 231 Å². The molecule has 4 aromatic rings. The van der Waals surface area contributed by atoms with Crippen molar-refractivity contribution in [3.63, 3.8) is 0 Å². The first-order chi connectivity index (χ1) is 18.4. The van der Waals surface area contributed by atoms with Crippen molar-refractivity contribution in [3.8, 4) is 11.1 Å². The highest BCUT2D eigenvalue weighted by Crippen LogP contribution is 2.33. The van der Waals surface area contributed by atoms with Crippen LogP contribution in [0.1, 0.15) is 37.5 Å². The number of H-pyrrole nitrogens is 1. The number of pyridine rings is 1. The number of aromatic nitrogens is 5. The topological polar surface area (TPSA) is 99.4 Å². The van der Waals surface area contributed by atoms with E-state index in [9.17, 15) is 9.18 Å². The van der Waals surface area contributed by atoms with Crippen molar-refractivity contribution in [1.82, 2.24) is 29.4 Å². The molecule has 10 nitrogen and oxygen atoms in total. The number of nitrogens with zero attached hydrogens (tertiary/aromatic N) is 5. The van der Waals surface area contributed by atoms with Gasteiger partial charge >= 0.3 is 5.69 Å². The number of halogens is 3. The van der Waals surface area contributed by atoms with Gasteiger partial charge in [-0.25, -0.2) is 19.1 Å². The lowest BCUT2D eigenvalue weighted by atomic mass is 10.1. The van der Waals surface area contributed by atoms with Gasteiger partial charge in [0.05, 0.1) is 30.2 Å². The molecule has 0 amide bonds. The summed E-state index contributed by atoms with van der Waals surface area (Å²) in [5, 5.41) is 4.66. The Morgan fingerprint density at radius 1 is 1.24 bits per heavy atom. The molecule has 1 unspecified atom stereocenters. The van der Waals surface area contributed by atoms with Gasteiger partial charge in [-0.1, -0.05) is 23.2 Å². The van der Waals surface area contributed by atoms with Crippen LogP contribution in [0.4, 0.5) is 4.39 Å². The van der Waals surface area contributed by atoms with Crippen LogP contribution < -0.4 is 10.5 Å². The molecule has 38 heavy (non-hydrogen) atoms. The number of benzene rings is 1. The van der Waals surface area contributed by atoms with E-state index in [1.807, 2.05) is 10.9 Å². The number of nitrogens with one attached hydrogen (secondary N) is 1. The van der Waals surface area contributed by atoms with Gasteiger partial charge in [0, 0.05) is 59.2 Å². The fourth-order valence-corrected chi connectivity index (χ4v) is 5.72. The maximum Gasteiger partial charge on any atom is 0.360 e. The fourth-order valence-electron chi connectivity index (χ4n) is 4.50. The first-order valence-corrected chi connectivity index (χ1v) is 13.5. The fraction of sp³-hybridized carbons (Fsp3) is 0.375. The number of piperidine rings is 1. The lowest BCUT2D eigenvalue weighted by Gasteiger charge is -2.31. The summed E-state index contributed by atoms with van der Waals surface area (Å²) >= 11 is 13.6. The molecule has 4 heterocycles. The SMILES string of the molecule is COOSCN1CCC(n2cc(-c3cnc4[nH]c(=O)n(OC(C)c5c(Cl)ccc(F)c5Cl)c4c3)cn2)CC1. The number of likely N-dealkylation sites (tertiary alicyclic amines) is 1. The molecule has 1 N–H and O–H groups in total. The normalized spacial score (nSPS) is 15.8. The molecule has 0 aliphatic carbocycles. The Morgan fingerprint density at radius 2 is 2.03 bits per heavy atom. The van der Waals surface area contributed by atoms with Crippen molar-refractivity contribution in [2.24, 2.45) is 0 Å². The third-order valence-electron chi connectivity index (χ3n) is 6.46. The van der Waals surface area contributed by atoms with Gasteiger partial charge in [0.2, 0.25) is 0 Å². The average molecular weight is 583 g/mol. The van der Waals surface area contributed by atoms with E-state index in [4.69, 9.17) is 32.4 Å². The van der Waals surface area contributed by atoms with E-state index in [0.717, 1.165) is 47.7 Å². The number of imidazole rings is 1. The van der Waals surface area contributed by atoms with Crippen molar-refractivity contribution < 1.29 is 18.4 Å².